The molecule has 19 heavy (non-hydrogen) atoms. The molecule has 0 fully saturated rings. The lowest BCUT2D eigenvalue weighted by Gasteiger charge is -2.34. The van der Waals surface area contributed by atoms with E-state index in [-0.39, 0.29) is 5.92 Å². The molecule has 4 nitrogen and oxygen atoms in total. The maximum Gasteiger partial charge on any atom is 0.319 e. The molecule has 0 aromatic heterocycles. The molecule has 5 heteroatoms. The molecule has 112 valence electrons. The number of carbonyl (C=O) groups is 2. The lowest BCUT2D eigenvalue weighted by molar-refractivity contribution is -0.141. The summed E-state index contributed by atoms with van der Waals surface area (Å²) in [4.78, 5) is 22.6. The van der Waals surface area contributed by atoms with Crippen molar-refractivity contribution in [3.63, 3.8) is 0 Å². The van der Waals surface area contributed by atoms with Crippen molar-refractivity contribution in [1.29, 1.82) is 0 Å². The molecule has 0 bridgehead atoms. The van der Waals surface area contributed by atoms with Crippen molar-refractivity contribution in [2.45, 2.75) is 69.8 Å². The zero-order chi connectivity index (χ0) is 15.1. The maximum absolute atomic E-state index is 11.6. The predicted molar refractivity (Wildman–Crippen MR) is 78.7 cm³/mol. The third-order valence-electron chi connectivity index (χ3n) is 3.62. The van der Waals surface area contributed by atoms with Gasteiger partial charge in [-0.25, -0.2) is 0 Å². The first-order valence-corrected chi connectivity index (χ1v) is 7.81. The number of aliphatic carboxylic acids is 2. The Balaban J connectivity index is 4.90. The third-order valence-corrected chi connectivity index (χ3v) is 5.17. The molecule has 0 aliphatic carbocycles. The first-order chi connectivity index (χ1) is 8.79. The average Bonchev–Trinajstić information content (AvgIpc) is 2.33. The molecular formula is C14H26O4S. The van der Waals surface area contributed by atoms with Gasteiger partial charge < -0.3 is 10.2 Å². The van der Waals surface area contributed by atoms with Gasteiger partial charge in [0.2, 0.25) is 0 Å². The van der Waals surface area contributed by atoms with Crippen LogP contribution >= 0.6 is 11.8 Å². The summed E-state index contributed by atoms with van der Waals surface area (Å²) in [6, 6.07) is 0. The highest BCUT2D eigenvalue weighted by Crippen LogP contribution is 2.40. The van der Waals surface area contributed by atoms with Gasteiger partial charge in [-0.2, -0.15) is 0 Å². The van der Waals surface area contributed by atoms with Crippen LogP contribution in [0.3, 0.4) is 0 Å². The van der Waals surface area contributed by atoms with Gasteiger partial charge in [0.1, 0.15) is 10.00 Å². The van der Waals surface area contributed by atoms with Crippen LogP contribution in [0.2, 0.25) is 0 Å². The number of rotatable bonds is 10. The van der Waals surface area contributed by atoms with E-state index >= 15 is 0 Å². The fourth-order valence-corrected chi connectivity index (χ4v) is 3.66. The molecule has 2 N–H and O–H groups in total. The van der Waals surface area contributed by atoms with E-state index in [0.717, 1.165) is 43.9 Å². The molecule has 0 amide bonds. The van der Waals surface area contributed by atoms with Crippen LogP contribution in [0.1, 0.15) is 59.8 Å². The fraction of sp³-hybridized carbons (Fsp3) is 0.857. The molecule has 0 aliphatic heterocycles. The molecule has 0 aliphatic rings. The van der Waals surface area contributed by atoms with Gasteiger partial charge in [-0.1, -0.05) is 39.5 Å². The Morgan fingerprint density at radius 2 is 1.79 bits per heavy atom. The van der Waals surface area contributed by atoms with Crippen LogP contribution in [0.5, 0.6) is 0 Å². The Labute approximate surface area is 120 Å². The normalized spacial score (nSPS) is 17.5. The second kappa shape index (κ2) is 8.46. The van der Waals surface area contributed by atoms with Crippen molar-refractivity contribution >= 4 is 23.7 Å². The SMILES string of the molecule is CCCCCC(CC)C(C)(SC(C)C(=O)O)C(=O)O. The molecular weight excluding hydrogens is 264 g/mol. The van der Waals surface area contributed by atoms with Crippen molar-refractivity contribution in [3.05, 3.63) is 0 Å². The Kier molecular flexibility index (Phi) is 8.14. The van der Waals surface area contributed by atoms with E-state index in [2.05, 4.69) is 6.92 Å². The first-order valence-electron chi connectivity index (χ1n) is 6.93. The van der Waals surface area contributed by atoms with Crippen molar-refractivity contribution in [2.24, 2.45) is 5.92 Å². The van der Waals surface area contributed by atoms with Crippen LogP contribution < -0.4 is 0 Å². The lowest BCUT2D eigenvalue weighted by Crippen LogP contribution is -2.42. The molecule has 0 saturated carbocycles. The summed E-state index contributed by atoms with van der Waals surface area (Å²) in [6.45, 7) is 7.30. The highest BCUT2D eigenvalue weighted by atomic mass is 32.2. The van der Waals surface area contributed by atoms with E-state index in [9.17, 15) is 14.7 Å². The summed E-state index contributed by atoms with van der Waals surface area (Å²) in [5.41, 5.74) is 0. The molecule has 3 unspecified atom stereocenters. The van der Waals surface area contributed by atoms with Gasteiger partial charge in [0.25, 0.3) is 0 Å². The van der Waals surface area contributed by atoms with Gasteiger partial charge >= 0.3 is 11.9 Å². The quantitative estimate of drug-likeness (QED) is 0.601. The van der Waals surface area contributed by atoms with Crippen LogP contribution in [-0.2, 0) is 9.59 Å². The van der Waals surface area contributed by atoms with E-state index < -0.39 is 21.9 Å². The van der Waals surface area contributed by atoms with Gasteiger partial charge in [-0.3, -0.25) is 9.59 Å². The van der Waals surface area contributed by atoms with Crippen LogP contribution in [0.15, 0.2) is 0 Å². The molecule has 0 heterocycles. The number of carboxylic acid groups (broad SMARTS) is 2. The van der Waals surface area contributed by atoms with Crippen molar-refractivity contribution in [3.8, 4) is 0 Å². The molecule has 0 aromatic carbocycles. The Morgan fingerprint density at radius 1 is 1.21 bits per heavy atom. The summed E-state index contributed by atoms with van der Waals surface area (Å²) in [7, 11) is 0. The zero-order valence-electron chi connectivity index (χ0n) is 12.3. The minimum absolute atomic E-state index is 0.00310. The monoisotopic (exact) mass is 290 g/mol. The van der Waals surface area contributed by atoms with Crippen LogP contribution in [0, 0.1) is 5.92 Å². The molecule has 0 spiro atoms. The topological polar surface area (TPSA) is 74.6 Å². The van der Waals surface area contributed by atoms with E-state index in [1.807, 2.05) is 6.92 Å². The minimum Gasteiger partial charge on any atom is -0.480 e. The average molecular weight is 290 g/mol. The van der Waals surface area contributed by atoms with E-state index in [1.54, 1.807) is 13.8 Å². The summed E-state index contributed by atoms with van der Waals surface area (Å²) in [5, 5.41) is 17.8. The highest BCUT2D eigenvalue weighted by molar-refractivity contribution is 8.02. The van der Waals surface area contributed by atoms with Gasteiger partial charge in [-0.05, 0) is 26.2 Å². The highest BCUT2D eigenvalue weighted by Gasteiger charge is 2.43. The summed E-state index contributed by atoms with van der Waals surface area (Å²) in [5.74, 6) is -1.86. The molecule has 0 radical (unpaired) electrons. The number of hydrogen-bond donors (Lipinski definition) is 2. The van der Waals surface area contributed by atoms with Crippen LogP contribution in [0.25, 0.3) is 0 Å². The largest absolute Gasteiger partial charge is 0.480 e. The Bertz CT molecular complexity index is 306. The summed E-state index contributed by atoms with van der Waals surface area (Å²) in [6.07, 6.45) is 4.78. The second-order valence-electron chi connectivity index (χ2n) is 5.11. The summed E-state index contributed by atoms with van der Waals surface area (Å²) < 4.78 is -1.03. The molecule has 3 atom stereocenters. The zero-order valence-corrected chi connectivity index (χ0v) is 13.1. The third kappa shape index (κ3) is 5.43. The molecule has 0 saturated heterocycles. The first kappa shape index (κ1) is 18.3. The number of unbranched alkanes of at least 4 members (excludes halogenated alkanes) is 2. The summed E-state index contributed by atoms with van der Waals surface area (Å²) >= 11 is 1.05. The van der Waals surface area contributed by atoms with Gasteiger partial charge in [0.15, 0.2) is 0 Å². The van der Waals surface area contributed by atoms with E-state index in [4.69, 9.17) is 5.11 Å². The lowest BCUT2D eigenvalue weighted by atomic mass is 9.86. The molecule has 0 rings (SSSR count). The van der Waals surface area contributed by atoms with Crippen LogP contribution in [0.4, 0.5) is 0 Å². The molecule has 0 aromatic rings. The van der Waals surface area contributed by atoms with Gasteiger partial charge in [0, 0.05) is 0 Å². The van der Waals surface area contributed by atoms with Gasteiger partial charge in [0.05, 0.1) is 0 Å². The van der Waals surface area contributed by atoms with E-state index in [0.29, 0.717) is 0 Å². The smallest absolute Gasteiger partial charge is 0.319 e. The predicted octanol–water partition coefficient (Wildman–Crippen LogP) is 3.64. The fourth-order valence-electron chi connectivity index (χ4n) is 2.25. The van der Waals surface area contributed by atoms with Crippen molar-refractivity contribution < 1.29 is 19.8 Å². The standard InChI is InChI=1S/C14H26O4S/c1-5-7-8-9-11(6-2)14(4,13(17)18)19-10(3)12(15)16/h10-11H,5-9H2,1-4H3,(H,15,16)(H,17,18). The Morgan fingerprint density at radius 3 is 2.16 bits per heavy atom. The number of hydrogen-bond acceptors (Lipinski definition) is 3. The van der Waals surface area contributed by atoms with Crippen molar-refractivity contribution in [2.75, 3.05) is 0 Å². The second-order valence-corrected chi connectivity index (χ2v) is 6.90. The number of carboxylic acids is 2. The Hall–Kier alpha value is -0.710. The van der Waals surface area contributed by atoms with Crippen LogP contribution in [-0.4, -0.2) is 32.1 Å². The van der Waals surface area contributed by atoms with E-state index in [1.165, 1.54) is 0 Å². The minimum atomic E-state index is -1.03. The number of thioether (sulfide) groups is 1. The van der Waals surface area contributed by atoms with Crippen molar-refractivity contribution in [1.82, 2.24) is 0 Å². The maximum atomic E-state index is 11.6. The van der Waals surface area contributed by atoms with Gasteiger partial charge in [-0.15, -0.1) is 11.8 Å².